The first-order valence-electron chi connectivity index (χ1n) is 12.8. The van der Waals surface area contributed by atoms with Crippen molar-refractivity contribution < 1.29 is 19.0 Å². The minimum atomic E-state index is -0.694. The quantitative estimate of drug-likeness (QED) is 0.152. The van der Waals surface area contributed by atoms with Gasteiger partial charge in [-0.25, -0.2) is 4.79 Å². The average Bonchev–Trinajstić information content (AvgIpc) is 2.79. The van der Waals surface area contributed by atoms with E-state index in [0.29, 0.717) is 17.7 Å². The molecule has 5 heteroatoms. The number of hydrogen-bond donors (Lipinski definition) is 1. The fourth-order valence-corrected chi connectivity index (χ4v) is 3.75. The highest BCUT2D eigenvalue weighted by Crippen LogP contribution is 2.33. The Bertz CT molecular complexity index is 995. The van der Waals surface area contributed by atoms with Crippen LogP contribution in [0, 0.1) is 0 Å². The van der Waals surface area contributed by atoms with Crippen LogP contribution in [0.1, 0.15) is 91.9 Å². The number of fused-ring (bicyclic) bond motifs is 1. The summed E-state index contributed by atoms with van der Waals surface area (Å²) < 4.78 is 16.8. The van der Waals surface area contributed by atoms with Crippen molar-refractivity contribution >= 4 is 11.0 Å². The summed E-state index contributed by atoms with van der Waals surface area (Å²) in [6, 6.07) is 5.13. The lowest BCUT2D eigenvalue weighted by Crippen LogP contribution is -2.08. The minimum Gasteiger partial charge on any atom is -0.504 e. The molecule has 0 saturated carbocycles. The molecule has 0 amide bonds. The zero-order chi connectivity index (χ0) is 24.8. The van der Waals surface area contributed by atoms with Gasteiger partial charge in [-0.2, -0.15) is 0 Å². The maximum Gasteiger partial charge on any atom is 0.383 e. The summed E-state index contributed by atoms with van der Waals surface area (Å²) in [6.07, 6.45) is 15.9. The van der Waals surface area contributed by atoms with Crippen LogP contribution in [0.5, 0.6) is 17.2 Å². The second kappa shape index (κ2) is 15.3. The molecule has 5 nitrogen and oxygen atoms in total. The van der Waals surface area contributed by atoms with E-state index in [-0.39, 0.29) is 23.7 Å². The molecule has 0 aliphatic carbocycles. The Labute approximate surface area is 204 Å². The van der Waals surface area contributed by atoms with Crippen molar-refractivity contribution in [2.24, 2.45) is 0 Å². The number of aromatic hydroxyl groups is 1. The highest BCUT2D eigenvalue weighted by molar-refractivity contribution is 5.86. The van der Waals surface area contributed by atoms with Crippen LogP contribution in [0.4, 0.5) is 0 Å². The van der Waals surface area contributed by atoms with Gasteiger partial charge in [-0.05, 0) is 58.2 Å². The number of allylic oxidation sites excluding steroid dienone is 3. The van der Waals surface area contributed by atoms with E-state index in [1.165, 1.54) is 49.7 Å². The van der Waals surface area contributed by atoms with Gasteiger partial charge in [0.25, 0.3) is 0 Å². The zero-order valence-electron chi connectivity index (χ0n) is 21.5. The molecule has 188 valence electrons. The Morgan fingerprint density at radius 2 is 1.68 bits per heavy atom. The second-order valence-electron chi connectivity index (χ2n) is 9.23. The SMILES string of the molecule is CCCCCCCCCCOc1ccc2c(O)c(OC/C=C(\C)CCC=C(C)C)c(=O)oc2c1. The fraction of sp³-hybridized carbons (Fsp3) is 0.552. The average molecular weight is 471 g/mol. The smallest absolute Gasteiger partial charge is 0.383 e. The summed E-state index contributed by atoms with van der Waals surface area (Å²) >= 11 is 0. The van der Waals surface area contributed by atoms with Gasteiger partial charge in [0, 0.05) is 6.07 Å². The number of rotatable bonds is 16. The molecule has 0 unspecified atom stereocenters. The molecule has 0 bridgehead atoms. The molecule has 0 spiro atoms. The Kier molecular flexibility index (Phi) is 12.4. The predicted molar refractivity (Wildman–Crippen MR) is 140 cm³/mol. The van der Waals surface area contributed by atoms with E-state index in [1.807, 2.05) is 13.0 Å². The topological polar surface area (TPSA) is 68.9 Å². The van der Waals surface area contributed by atoms with Crippen LogP contribution in [0.2, 0.25) is 0 Å². The van der Waals surface area contributed by atoms with Gasteiger partial charge in [-0.1, -0.05) is 69.1 Å². The molecule has 0 aliphatic rings. The normalized spacial score (nSPS) is 11.6. The Hall–Kier alpha value is -2.69. The standard InChI is InChI=1S/C29H42O5/c1-5-6-7-8-9-10-11-12-19-32-24-16-17-25-26(21-24)34-29(31)28(27(25)30)33-20-18-23(4)15-13-14-22(2)3/h14,16-18,21,30H,5-13,15,19-20H2,1-4H3/b23-18+. The van der Waals surface area contributed by atoms with E-state index >= 15 is 0 Å². The van der Waals surface area contributed by atoms with Crippen LogP contribution in [-0.4, -0.2) is 18.3 Å². The molecule has 0 saturated heterocycles. The summed E-state index contributed by atoms with van der Waals surface area (Å²) in [5.41, 5.74) is 2.06. The maximum absolute atomic E-state index is 12.4. The molecule has 1 aromatic carbocycles. The molecule has 1 aromatic heterocycles. The van der Waals surface area contributed by atoms with Gasteiger partial charge in [0.2, 0.25) is 5.75 Å². The largest absolute Gasteiger partial charge is 0.504 e. The minimum absolute atomic E-state index is 0.159. The summed E-state index contributed by atoms with van der Waals surface area (Å²) in [5, 5.41) is 11.0. The Morgan fingerprint density at radius 1 is 0.971 bits per heavy atom. The van der Waals surface area contributed by atoms with Gasteiger partial charge < -0.3 is 19.0 Å². The van der Waals surface area contributed by atoms with Gasteiger partial charge in [-0.15, -0.1) is 0 Å². The first-order valence-corrected chi connectivity index (χ1v) is 12.8. The molecule has 1 heterocycles. The van der Waals surface area contributed by atoms with Crippen molar-refractivity contribution in [1.29, 1.82) is 0 Å². The molecule has 0 fully saturated rings. The lowest BCUT2D eigenvalue weighted by molar-refractivity contribution is 0.303. The Balaban J connectivity index is 1.87. The molecule has 2 rings (SSSR count). The number of benzene rings is 1. The van der Waals surface area contributed by atoms with Crippen LogP contribution in [-0.2, 0) is 0 Å². The first-order chi connectivity index (χ1) is 16.4. The Morgan fingerprint density at radius 3 is 2.38 bits per heavy atom. The molecular weight excluding hydrogens is 428 g/mol. The molecule has 0 radical (unpaired) electrons. The van der Waals surface area contributed by atoms with Crippen LogP contribution >= 0.6 is 0 Å². The summed E-state index contributed by atoms with van der Waals surface area (Å²) in [7, 11) is 0. The second-order valence-corrected chi connectivity index (χ2v) is 9.23. The van der Waals surface area contributed by atoms with Crippen LogP contribution in [0.3, 0.4) is 0 Å². The molecule has 0 aliphatic heterocycles. The fourth-order valence-electron chi connectivity index (χ4n) is 3.75. The third-order valence-corrected chi connectivity index (χ3v) is 5.83. The van der Waals surface area contributed by atoms with Gasteiger partial charge in [0.15, 0.2) is 5.75 Å². The number of hydrogen-bond acceptors (Lipinski definition) is 5. The van der Waals surface area contributed by atoms with Gasteiger partial charge in [-0.3, -0.25) is 0 Å². The highest BCUT2D eigenvalue weighted by Gasteiger charge is 2.16. The van der Waals surface area contributed by atoms with E-state index in [1.54, 1.807) is 18.2 Å². The summed E-state index contributed by atoms with van der Waals surface area (Å²) in [6.45, 7) is 9.24. The van der Waals surface area contributed by atoms with Crippen LogP contribution in [0.25, 0.3) is 11.0 Å². The van der Waals surface area contributed by atoms with Crippen LogP contribution in [0.15, 0.2) is 50.7 Å². The molecular formula is C29H42O5. The third-order valence-electron chi connectivity index (χ3n) is 5.83. The van der Waals surface area contributed by atoms with Crippen molar-refractivity contribution in [3.8, 4) is 17.2 Å². The van der Waals surface area contributed by atoms with Crippen molar-refractivity contribution in [3.63, 3.8) is 0 Å². The van der Waals surface area contributed by atoms with Crippen molar-refractivity contribution in [3.05, 3.63) is 51.9 Å². The summed E-state index contributed by atoms with van der Waals surface area (Å²) in [5.74, 6) is 0.270. The van der Waals surface area contributed by atoms with E-state index in [0.717, 1.165) is 25.7 Å². The van der Waals surface area contributed by atoms with Crippen LogP contribution < -0.4 is 15.1 Å². The van der Waals surface area contributed by atoms with Gasteiger partial charge >= 0.3 is 5.63 Å². The van der Waals surface area contributed by atoms with Crippen molar-refractivity contribution in [1.82, 2.24) is 0 Å². The van der Waals surface area contributed by atoms with E-state index in [2.05, 4.69) is 26.8 Å². The summed E-state index contributed by atoms with van der Waals surface area (Å²) in [4.78, 5) is 12.4. The molecule has 2 aromatic rings. The maximum atomic E-state index is 12.4. The van der Waals surface area contributed by atoms with Crippen molar-refractivity contribution in [2.45, 2.75) is 91.9 Å². The predicted octanol–water partition coefficient (Wildman–Crippen LogP) is 8.09. The van der Waals surface area contributed by atoms with Crippen molar-refractivity contribution in [2.75, 3.05) is 13.2 Å². The highest BCUT2D eigenvalue weighted by atomic mass is 16.5. The molecule has 34 heavy (non-hydrogen) atoms. The zero-order valence-corrected chi connectivity index (χ0v) is 21.5. The van der Waals surface area contributed by atoms with E-state index in [9.17, 15) is 9.90 Å². The first kappa shape index (κ1) is 27.6. The lowest BCUT2D eigenvalue weighted by atomic mass is 10.1. The van der Waals surface area contributed by atoms with Gasteiger partial charge in [0.1, 0.15) is 17.9 Å². The lowest BCUT2D eigenvalue weighted by Gasteiger charge is -2.10. The monoisotopic (exact) mass is 470 g/mol. The van der Waals surface area contributed by atoms with Gasteiger partial charge in [0.05, 0.1) is 12.0 Å². The van der Waals surface area contributed by atoms with E-state index in [4.69, 9.17) is 13.9 Å². The molecule has 1 N–H and O–H groups in total. The number of ether oxygens (including phenoxy) is 2. The number of unbranched alkanes of at least 4 members (excludes halogenated alkanes) is 7. The third kappa shape index (κ3) is 9.66. The molecule has 0 atom stereocenters. The van der Waals surface area contributed by atoms with E-state index < -0.39 is 5.63 Å².